The average molecular weight is 269 g/mol. The first-order valence-electron chi connectivity index (χ1n) is 7.73. The highest BCUT2D eigenvalue weighted by atomic mass is 16.5. The van der Waals surface area contributed by atoms with Crippen LogP contribution in [0.4, 0.5) is 0 Å². The van der Waals surface area contributed by atoms with E-state index < -0.39 is 5.97 Å². The highest BCUT2D eigenvalue weighted by molar-refractivity contribution is 5.66. The van der Waals surface area contributed by atoms with E-state index in [1.54, 1.807) is 0 Å². The maximum atomic E-state index is 10.5. The lowest BCUT2D eigenvalue weighted by molar-refractivity contribution is -0.137. The minimum Gasteiger partial charge on any atom is -0.481 e. The number of ether oxygens (including phenoxy) is 1. The Labute approximate surface area is 116 Å². The summed E-state index contributed by atoms with van der Waals surface area (Å²) < 4.78 is 6.21. The van der Waals surface area contributed by atoms with Crippen molar-refractivity contribution >= 4 is 5.97 Å². The van der Waals surface area contributed by atoms with Gasteiger partial charge in [0.1, 0.15) is 0 Å². The molecule has 0 unspecified atom stereocenters. The van der Waals surface area contributed by atoms with Crippen molar-refractivity contribution in [3.8, 4) is 0 Å². The second-order valence-electron chi connectivity index (χ2n) is 6.20. The monoisotopic (exact) mass is 269 g/mol. The van der Waals surface area contributed by atoms with E-state index in [9.17, 15) is 4.79 Å². The zero-order chi connectivity index (χ0) is 13.7. The number of nitrogens with zero attached hydrogens (tertiary/aromatic N) is 1. The Balaban J connectivity index is 1.62. The zero-order valence-electron chi connectivity index (χ0n) is 12.0. The van der Waals surface area contributed by atoms with E-state index >= 15 is 0 Å². The third-order valence-electron chi connectivity index (χ3n) is 4.52. The predicted octanol–water partition coefficient (Wildman–Crippen LogP) is 2.52. The minimum atomic E-state index is -0.699. The molecule has 1 heterocycles. The van der Waals surface area contributed by atoms with Gasteiger partial charge in [-0.3, -0.25) is 4.79 Å². The molecule has 4 heteroatoms. The Morgan fingerprint density at radius 1 is 1.11 bits per heavy atom. The van der Waals surface area contributed by atoms with E-state index in [1.165, 1.54) is 25.7 Å². The number of hydrogen-bond acceptors (Lipinski definition) is 3. The van der Waals surface area contributed by atoms with E-state index in [0.717, 1.165) is 31.8 Å². The van der Waals surface area contributed by atoms with Crippen molar-refractivity contribution in [1.82, 2.24) is 4.90 Å². The first-order valence-corrected chi connectivity index (χ1v) is 7.73. The third-order valence-corrected chi connectivity index (χ3v) is 4.52. The molecule has 1 saturated heterocycles. The number of piperidine rings is 1. The van der Waals surface area contributed by atoms with Crippen molar-refractivity contribution < 1.29 is 14.6 Å². The van der Waals surface area contributed by atoms with Crippen LogP contribution in [0.15, 0.2) is 0 Å². The topological polar surface area (TPSA) is 49.8 Å². The molecule has 0 aromatic rings. The first kappa shape index (κ1) is 14.8. The SMILES string of the molecule is CC1CCC(OC2CCN(CCC(=O)O)CC2)CC1. The van der Waals surface area contributed by atoms with Crippen LogP contribution in [0.3, 0.4) is 0 Å². The van der Waals surface area contributed by atoms with Gasteiger partial charge in [-0.25, -0.2) is 0 Å². The van der Waals surface area contributed by atoms with Crippen molar-refractivity contribution in [2.75, 3.05) is 19.6 Å². The van der Waals surface area contributed by atoms with Crippen LogP contribution in [0, 0.1) is 5.92 Å². The number of carbonyl (C=O) groups is 1. The zero-order valence-corrected chi connectivity index (χ0v) is 12.0. The van der Waals surface area contributed by atoms with Crippen molar-refractivity contribution in [3.63, 3.8) is 0 Å². The smallest absolute Gasteiger partial charge is 0.304 e. The van der Waals surface area contributed by atoms with Gasteiger partial charge in [0.25, 0.3) is 0 Å². The lowest BCUT2D eigenvalue weighted by Gasteiger charge is -2.35. The summed E-state index contributed by atoms with van der Waals surface area (Å²) in [6.45, 7) is 4.99. The average Bonchev–Trinajstić information content (AvgIpc) is 2.40. The molecule has 1 aliphatic carbocycles. The van der Waals surface area contributed by atoms with Crippen LogP contribution in [0.25, 0.3) is 0 Å². The van der Waals surface area contributed by atoms with Crippen LogP contribution in [-0.2, 0) is 9.53 Å². The van der Waals surface area contributed by atoms with Crippen molar-refractivity contribution in [3.05, 3.63) is 0 Å². The predicted molar refractivity (Wildman–Crippen MR) is 74.2 cm³/mol. The number of hydrogen-bond donors (Lipinski definition) is 1. The van der Waals surface area contributed by atoms with E-state index in [-0.39, 0.29) is 6.42 Å². The van der Waals surface area contributed by atoms with Crippen LogP contribution < -0.4 is 0 Å². The third kappa shape index (κ3) is 5.11. The van der Waals surface area contributed by atoms with E-state index in [2.05, 4.69) is 11.8 Å². The van der Waals surface area contributed by atoms with E-state index in [4.69, 9.17) is 9.84 Å². The van der Waals surface area contributed by atoms with Gasteiger partial charge >= 0.3 is 5.97 Å². The number of rotatable bonds is 5. The fourth-order valence-electron chi connectivity index (χ4n) is 3.16. The Kier molecular flexibility index (Phi) is 5.64. The summed E-state index contributed by atoms with van der Waals surface area (Å²) in [5.41, 5.74) is 0. The number of aliphatic carboxylic acids is 1. The summed E-state index contributed by atoms with van der Waals surface area (Å²) in [6, 6.07) is 0. The molecule has 4 nitrogen and oxygen atoms in total. The molecule has 0 atom stereocenters. The molecule has 1 saturated carbocycles. The normalized spacial score (nSPS) is 30.4. The summed E-state index contributed by atoms with van der Waals surface area (Å²) in [6.07, 6.45) is 8.32. The number of carboxylic acid groups (broad SMARTS) is 1. The van der Waals surface area contributed by atoms with Gasteiger partial charge in [0.2, 0.25) is 0 Å². The maximum absolute atomic E-state index is 10.5. The molecule has 0 aromatic carbocycles. The molecular weight excluding hydrogens is 242 g/mol. The summed E-state index contributed by atoms with van der Waals surface area (Å²) in [7, 11) is 0. The van der Waals surface area contributed by atoms with Gasteiger partial charge in [0.05, 0.1) is 18.6 Å². The summed E-state index contributed by atoms with van der Waals surface area (Å²) >= 11 is 0. The molecule has 0 aromatic heterocycles. The molecule has 110 valence electrons. The van der Waals surface area contributed by atoms with E-state index in [1.807, 2.05) is 0 Å². The van der Waals surface area contributed by atoms with Gasteiger partial charge in [0, 0.05) is 19.6 Å². The standard InChI is InChI=1S/C15H27NO3/c1-12-2-4-13(5-3-12)19-14-6-9-16(10-7-14)11-8-15(17)18/h12-14H,2-11H2,1H3,(H,17,18). The maximum Gasteiger partial charge on any atom is 0.304 e. The summed E-state index contributed by atoms with van der Waals surface area (Å²) in [5, 5.41) is 8.68. The van der Waals surface area contributed by atoms with Crippen LogP contribution in [0.2, 0.25) is 0 Å². The molecule has 0 spiro atoms. The largest absolute Gasteiger partial charge is 0.481 e. The molecular formula is C15H27NO3. The van der Waals surface area contributed by atoms with Crippen LogP contribution in [0.5, 0.6) is 0 Å². The van der Waals surface area contributed by atoms with Crippen molar-refractivity contribution in [2.24, 2.45) is 5.92 Å². The molecule has 1 N–H and O–H groups in total. The van der Waals surface area contributed by atoms with Crippen LogP contribution in [-0.4, -0.2) is 47.8 Å². The van der Waals surface area contributed by atoms with Crippen molar-refractivity contribution in [2.45, 2.75) is 64.1 Å². The molecule has 0 amide bonds. The first-order chi connectivity index (χ1) is 9.13. The van der Waals surface area contributed by atoms with Gasteiger partial charge in [-0.1, -0.05) is 6.92 Å². The number of likely N-dealkylation sites (tertiary alicyclic amines) is 1. The molecule has 0 bridgehead atoms. The summed E-state index contributed by atoms with van der Waals surface area (Å²) in [4.78, 5) is 12.8. The quantitative estimate of drug-likeness (QED) is 0.833. The molecule has 2 rings (SSSR count). The second-order valence-corrected chi connectivity index (χ2v) is 6.20. The van der Waals surface area contributed by atoms with Crippen LogP contribution >= 0.6 is 0 Å². The Morgan fingerprint density at radius 3 is 2.26 bits per heavy atom. The molecule has 0 radical (unpaired) electrons. The van der Waals surface area contributed by atoms with Gasteiger partial charge in [-0.15, -0.1) is 0 Å². The minimum absolute atomic E-state index is 0.256. The van der Waals surface area contributed by atoms with Gasteiger partial charge < -0.3 is 14.7 Å². The van der Waals surface area contributed by atoms with E-state index in [0.29, 0.717) is 18.8 Å². The molecule has 2 fully saturated rings. The fourth-order valence-corrected chi connectivity index (χ4v) is 3.16. The van der Waals surface area contributed by atoms with Crippen LogP contribution in [0.1, 0.15) is 51.9 Å². The second kappa shape index (κ2) is 7.25. The van der Waals surface area contributed by atoms with Gasteiger partial charge in [0.15, 0.2) is 0 Å². The lowest BCUT2D eigenvalue weighted by Crippen LogP contribution is -2.39. The highest BCUT2D eigenvalue weighted by Crippen LogP contribution is 2.28. The molecule has 2 aliphatic rings. The van der Waals surface area contributed by atoms with Gasteiger partial charge in [-0.05, 0) is 44.4 Å². The van der Waals surface area contributed by atoms with Gasteiger partial charge in [-0.2, -0.15) is 0 Å². The molecule has 1 aliphatic heterocycles. The molecule has 19 heavy (non-hydrogen) atoms. The Hall–Kier alpha value is -0.610. The lowest BCUT2D eigenvalue weighted by atomic mass is 9.88. The van der Waals surface area contributed by atoms with Crippen molar-refractivity contribution in [1.29, 1.82) is 0 Å². The highest BCUT2D eigenvalue weighted by Gasteiger charge is 2.25. The Morgan fingerprint density at radius 2 is 1.68 bits per heavy atom. The summed E-state index contributed by atoms with van der Waals surface area (Å²) in [5.74, 6) is 0.174. The fraction of sp³-hybridized carbons (Fsp3) is 0.933. The number of carboxylic acids is 1. The Bertz CT molecular complexity index is 279.